The van der Waals surface area contributed by atoms with Crippen LogP contribution in [0.2, 0.25) is 0 Å². The fourth-order valence-electron chi connectivity index (χ4n) is 0.865. The zero-order chi connectivity index (χ0) is 12.1. The normalized spacial score (nSPS) is 12.5. The molecule has 0 amide bonds. The van der Waals surface area contributed by atoms with Crippen molar-refractivity contribution in [3.8, 4) is 6.07 Å². The topological polar surface area (TPSA) is 86.3 Å². The molecule has 15 heavy (non-hydrogen) atoms. The van der Waals surface area contributed by atoms with E-state index in [0.717, 1.165) is 0 Å². The summed E-state index contributed by atoms with van der Waals surface area (Å²) < 4.78 is 16.3. The Labute approximate surface area is 90.4 Å². The summed E-state index contributed by atoms with van der Waals surface area (Å²) in [7, 11) is -1.87. The average molecular weight is 229 g/mol. The van der Waals surface area contributed by atoms with E-state index in [2.05, 4.69) is 4.36 Å². The zero-order valence-electron chi connectivity index (χ0n) is 9.33. The minimum atomic E-state index is -1.87. The van der Waals surface area contributed by atoms with Crippen LogP contribution < -0.4 is 0 Å². The zero-order valence-corrected chi connectivity index (χ0v) is 10.1. The molecule has 0 rings (SSSR count). The van der Waals surface area contributed by atoms with E-state index in [0.29, 0.717) is 0 Å². The third-order valence-electron chi connectivity index (χ3n) is 1.32. The first-order valence-electron chi connectivity index (χ1n) is 4.30. The second-order valence-corrected chi connectivity index (χ2v) is 5.89. The fourth-order valence-corrected chi connectivity index (χ4v) is 1.64. The van der Waals surface area contributed by atoms with E-state index in [1.165, 1.54) is 0 Å². The first kappa shape index (κ1) is 13.7. The van der Waals surface area contributed by atoms with Gasteiger partial charge in [0.15, 0.2) is 5.57 Å². The molecule has 0 unspecified atom stereocenters. The molecule has 6 heteroatoms. The lowest BCUT2D eigenvalue weighted by Crippen LogP contribution is -2.08. The Balaban J connectivity index is 5.30. The molecule has 0 aromatic carbocycles. The summed E-state index contributed by atoms with van der Waals surface area (Å²) in [6.45, 7) is 3.42. The van der Waals surface area contributed by atoms with Gasteiger partial charge in [-0.2, -0.15) is 5.26 Å². The highest BCUT2D eigenvalue weighted by molar-refractivity contribution is 7.93. The molecule has 5 nitrogen and oxygen atoms in total. The molecule has 0 aromatic heterocycles. The molecule has 0 radical (unpaired) electrons. The molecule has 0 bridgehead atoms. The van der Waals surface area contributed by atoms with E-state index in [9.17, 15) is 4.79 Å². The highest BCUT2D eigenvalue weighted by Gasteiger charge is 2.13. The summed E-state index contributed by atoms with van der Waals surface area (Å²) in [5.74, 6) is -0.676. The lowest BCUT2D eigenvalue weighted by molar-refractivity contribution is -0.138. The van der Waals surface area contributed by atoms with Gasteiger partial charge in [0.25, 0.3) is 0 Å². The summed E-state index contributed by atoms with van der Waals surface area (Å²) >= 11 is 0. The lowest BCUT2D eigenvalue weighted by atomic mass is 10.2. The highest BCUT2D eigenvalue weighted by Crippen LogP contribution is 2.09. The van der Waals surface area contributed by atoms with Gasteiger partial charge in [-0.25, -0.2) is 9.16 Å². The van der Waals surface area contributed by atoms with Crippen LogP contribution in [0.25, 0.3) is 0 Å². The molecule has 0 aliphatic carbocycles. The predicted octanol–water partition coefficient (Wildman–Crippen LogP) is 1.71. The van der Waals surface area contributed by atoms with Gasteiger partial charge in [-0.05, 0) is 13.8 Å². The third-order valence-corrected chi connectivity index (χ3v) is 2.05. The maximum absolute atomic E-state index is 11.3. The van der Waals surface area contributed by atoms with Gasteiger partial charge in [0.1, 0.15) is 6.07 Å². The molecule has 0 saturated heterocycles. The summed E-state index contributed by atoms with van der Waals surface area (Å²) in [4.78, 5) is 11.3. The summed E-state index contributed by atoms with van der Waals surface area (Å²) in [5.41, 5.74) is 0.149. The quantitative estimate of drug-likeness (QED) is 0.454. The molecule has 0 fully saturated rings. The Morgan fingerprint density at radius 1 is 1.60 bits per heavy atom. The third kappa shape index (κ3) is 5.18. The van der Waals surface area contributed by atoms with E-state index in [-0.39, 0.29) is 17.9 Å². The van der Waals surface area contributed by atoms with E-state index in [1.54, 1.807) is 32.4 Å². The number of rotatable bonds is 3. The van der Waals surface area contributed by atoms with Crippen molar-refractivity contribution in [1.29, 1.82) is 10.0 Å². The summed E-state index contributed by atoms with van der Waals surface area (Å²) in [5, 5.41) is 8.77. The number of allylic oxidation sites excluding steroid dienone is 1. The summed E-state index contributed by atoms with van der Waals surface area (Å²) in [6.07, 6.45) is 3.30. The Morgan fingerprint density at radius 2 is 2.13 bits per heavy atom. The largest absolute Gasteiger partial charge is 0.462 e. The fraction of sp³-hybridized carbons (Fsp3) is 0.556. The summed E-state index contributed by atoms with van der Waals surface area (Å²) in [6, 6.07) is 1.75. The smallest absolute Gasteiger partial charge is 0.350 e. The van der Waals surface area contributed by atoms with Crippen molar-refractivity contribution in [1.82, 2.24) is 0 Å². The Bertz CT molecular complexity index is 429. The van der Waals surface area contributed by atoms with Crippen LogP contribution in [0.1, 0.15) is 13.8 Å². The maximum atomic E-state index is 11.3. The van der Waals surface area contributed by atoms with Crippen molar-refractivity contribution >= 4 is 15.6 Å². The van der Waals surface area contributed by atoms with Crippen molar-refractivity contribution in [3.63, 3.8) is 0 Å². The van der Waals surface area contributed by atoms with Crippen LogP contribution in [-0.4, -0.2) is 25.1 Å². The number of nitrogens with one attached hydrogen (secondary N) is 1. The number of ether oxygens (including phenoxy) is 1. The lowest BCUT2D eigenvalue weighted by Gasteiger charge is -2.03. The maximum Gasteiger partial charge on any atom is 0.350 e. The molecule has 0 spiro atoms. The minimum Gasteiger partial charge on any atom is -0.462 e. The van der Waals surface area contributed by atoms with Crippen molar-refractivity contribution in [2.45, 2.75) is 13.8 Å². The molecule has 1 N–H and O–H groups in total. The van der Waals surface area contributed by atoms with E-state index < -0.39 is 15.6 Å². The Kier molecular flexibility index (Phi) is 5.02. The number of nitriles is 1. The van der Waals surface area contributed by atoms with Gasteiger partial charge >= 0.3 is 5.97 Å². The van der Waals surface area contributed by atoms with Crippen LogP contribution in [0, 0.1) is 16.1 Å². The van der Waals surface area contributed by atoms with Crippen LogP contribution >= 0.6 is 0 Å². The van der Waals surface area contributed by atoms with Crippen LogP contribution in [0.15, 0.2) is 15.6 Å². The van der Waals surface area contributed by atoms with Crippen molar-refractivity contribution in [2.75, 3.05) is 19.1 Å². The van der Waals surface area contributed by atoms with E-state index in [1.807, 2.05) is 0 Å². The van der Waals surface area contributed by atoms with Crippen LogP contribution in [-0.2, 0) is 19.2 Å². The van der Waals surface area contributed by atoms with E-state index >= 15 is 0 Å². The van der Waals surface area contributed by atoms with Crippen molar-refractivity contribution < 1.29 is 9.53 Å². The Morgan fingerprint density at radius 3 is 2.47 bits per heavy atom. The number of esters is 1. The van der Waals surface area contributed by atoms with Gasteiger partial charge in [0.05, 0.1) is 12.3 Å². The van der Waals surface area contributed by atoms with Crippen LogP contribution in [0.3, 0.4) is 0 Å². The van der Waals surface area contributed by atoms with Crippen molar-refractivity contribution in [2.24, 2.45) is 4.36 Å². The Hall–Kier alpha value is -1.35. The van der Waals surface area contributed by atoms with Gasteiger partial charge in [0, 0.05) is 12.5 Å². The number of nitrogens with zero attached hydrogens (tertiary/aromatic N) is 2. The molecule has 0 saturated carbocycles. The van der Waals surface area contributed by atoms with Crippen molar-refractivity contribution in [3.05, 3.63) is 11.3 Å². The van der Waals surface area contributed by atoms with Gasteiger partial charge in [-0.15, -0.1) is 0 Å². The molecular formula is C9H15N3O2S. The minimum absolute atomic E-state index is 0.121. The van der Waals surface area contributed by atoms with Gasteiger partial charge in [0.2, 0.25) is 0 Å². The molecule has 0 aliphatic heterocycles. The second kappa shape index (κ2) is 5.51. The molecule has 84 valence electrons. The van der Waals surface area contributed by atoms with Gasteiger partial charge < -0.3 is 4.74 Å². The number of carbonyl (C=O) groups excluding carboxylic acids is 1. The molecular weight excluding hydrogens is 214 g/mol. The molecule has 0 aromatic rings. The monoisotopic (exact) mass is 229 g/mol. The highest BCUT2D eigenvalue weighted by atomic mass is 32.2. The number of hydrogen-bond donors (Lipinski definition) is 1. The average Bonchev–Trinajstić information content (AvgIpc) is 2.02. The predicted molar refractivity (Wildman–Crippen MR) is 59.3 cm³/mol. The number of hydrogen-bond acceptors (Lipinski definition) is 5. The molecule has 0 heterocycles. The van der Waals surface area contributed by atoms with E-state index in [4.69, 9.17) is 14.8 Å². The van der Waals surface area contributed by atoms with Gasteiger partial charge in [-0.3, -0.25) is 4.78 Å². The van der Waals surface area contributed by atoms with Crippen LogP contribution in [0.4, 0.5) is 0 Å². The molecule has 0 aliphatic rings. The standard InChI is InChI=1S/C9H15N3O2S/c1-5-14-9(13)8(6-10)7(2)12-15(3,4)11/h11H,5H2,1-4H3/b8-7-. The number of carbonyl (C=O) groups is 1. The first-order valence-corrected chi connectivity index (χ1v) is 6.71. The second-order valence-electron chi connectivity index (χ2n) is 3.16. The SMILES string of the molecule is CCOC(=O)/C(C#N)=C(/C)N=S(C)(C)=N. The van der Waals surface area contributed by atoms with Gasteiger partial charge in [-0.1, -0.05) is 9.62 Å². The first-order chi connectivity index (χ1) is 6.81. The van der Waals surface area contributed by atoms with Crippen LogP contribution in [0.5, 0.6) is 0 Å². The molecule has 0 atom stereocenters.